The van der Waals surface area contributed by atoms with Gasteiger partial charge in [-0.3, -0.25) is 0 Å². The Morgan fingerprint density at radius 2 is 2.07 bits per heavy atom. The number of nitrogens with two attached hydrogens (primary N) is 2. The van der Waals surface area contributed by atoms with Crippen LogP contribution in [0.1, 0.15) is 23.6 Å². The summed E-state index contributed by atoms with van der Waals surface area (Å²) in [7, 11) is 0. The van der Waals surface area contributed by atoms with Crippen LogP contribution in [0.15, 0.2) is 12.1 Å². The van der Waals surface area contributed by atoms with E-state index in [1.807, 2.05) is 0 Å². The SMILES string of the molecule is Cc1ccc(F)c([C@@H](N)CCN)c1O.Cl. The summed E-state index contributed by atoms with van der Waals surface area (Å²) in [6, 6.07) is 2.28. The highest BCUT2D eigenvalue weighted by Gasteiger charge is 2.16. The smallest absolute Gasteiger partial charge is 0.131 e. The molecule has 0 amide bonds. The molecular formula is C10H16ClFN2O. The number of benzene rings is 1. The Kier molecular flexibility index (Phi) is 5.57. The Balaban J connectivity index is 0.00000196. The second-order valence-corrected chi connectivity index (χ2v) is 3.31. The van der Waals surface area contributed by atoms with E-state index in [1.54, 1.807) is 6.92 Å². The molecule has 86 valence electrons. The van der Waals surface area contributed by atoms with Crippen LogP contribution in [0.4, 0.5) is 4.39 Å². The number of hydrogen-bond acceptors (Lipinski definition) is 3. The van der Waals surface area contributed by atoms with Gasteiger partial charge in [-0.15, -0.1) is 12.4 Å². The lowest BCUT2D eigenvalue weighted by Gasteiger charge is -2.14. The average molecular weight is 235 g/mol. The van der Waals surface area contributed by atoms with Crippen LogP contribution in [-0.4, -0.2) is 11.7 Å². The van der Waals surface area contributed by atoms with Gasteiger partial charge in [0.1, 0.15) is 11.6 Å². The minimum Gasteiger partial charge on any atom is -0.507 e. The number of phenols is 1. The molecule has 0 aliphatic carbocycles. The number of phenolic OH excluding ortho intramolecular Hbond substituents is 1. The summed E-state index contributed by atoms with van der Waals surface area (Å²) < 4.78 is 13.3. The lowest BCUT2D eigenvalue weighted by atomic mass is 10.0. The van der Waals surface area contributed by atoms with Gasteiger partial charge in [-0.25, -0.2) is 4.39 Å². The average Bonchev–Trinajstić information content (AvgIpc) is 2.13. The number of halogens is 2. The Labute approximate surface area is 94.7 Å². The monoisotopic (exact) mass is 234 g/mol. The number of aromatic hydroxyl groups is 1. The molecule has 0 heterocycles. The van der Waals surface area contributed by atoms with Crippen LogP contribution < -0.4 is 11.5 Å². The lowest BCUT2D eigenvalue weighted by molar-refractivity contribution is 0.442. The number of rotatable bonds is 3. The molecule has 1 atom stereocenters. The molecule has 0 saturated heterocycles. The number of hydrogen-bond donors (Lipinski definition) is 3. The molecule has 1 rings (SSSR count). The fourth-order valence-electron chi connectivity index (χ4n) is 1.37. The van der Waals surface area contributed by atoms with Gasteiger partial charge in [-0.05, 0) is 31.5 Å². The van der Waals surface area contributed by atoms with Crippen molar-refractivity contribution < 1.29 is 9.50 Å². The minimum atomic E-state index is -0.542. The molecule has 1 aromatic rings. The van der Waals surface area contributed by atoms with Crippen LogP contribution in [0, 0.1) is 12.7 Å². The Hall–Kier alpha value is -0.840. The fraction of sp³-hybridized carbons (Fsp3) is 0.400. The molecule has 0 radical (unpaired) electrons. The van der Waals surface area contributed by atoms with Gasteiger partial charge >= 0.3 is 0 Å². The van der Waals surface area contributed by atoms with E-state index in [4.69, 9.17) is 11.5 Å². The zero-order valence-corrected chi connectivity index (χ0v) is 9.35. The molecule has 0 fully saturated rings. The molecule has 0 aliphatic rings. The van der Waals surface area contributed by atoms with Crippen molar-refractivity contribution in [2.24, 2.45) is 11.5 Å². The van der Waals surface area contributed by atoms with E-state index in [2.05, 4.69) is 0 Å². The first-order chi connectivity index (χ1) is 6.57. The van der Waals surface area contributed by atoms with E-state index in [1.165, 1.54) is 12.1 Å². The summed E-state index contributed by atoms with van der Waals surface area (Å²) in [4.78, 5) is 0. The highest BCUT2D eigenvalue weighted by molar-refractivity contribution is 5.85. The van der Waals surface area contributed by atoms with Gasteiger partial charge < -0.3 is 16.6 Å². The zero-order valence-electron chi connectivity index (χ0n) is 8.53. The van der Waals surface area contributed by atoms with Crippen LogP contribution in [0.25, 0.3) is 0 Å². The summed E-state index contributed by atoms with van der Waals surface area (Å²) in [5.41, 5.74) is 11.8. The lowest BCUT2D eigenvalue weighted by Crippen LogP contribution is -2.17. The maximum absolute atomic E-state index is 13.3. The second-order valence-electron chi connectivity index (χ2n) is 3.31. The van der Waals surface area contributed by atoms with Gasteiger partial charge in [0.15, 0.2) is 0 Å². The maximum Gasteiger partial charge on any atom is 0.131 e. The molecule has 15 heavy (non-hydrogen) atoms. The van der Waals surface area contributed by atoms with Crippen molar-refractivity contribution >= 4 is 12.4 Å². The van der Waals surface area contributed by atoms with E-state index in [9.17, 15) is 9.50 Å². The first kappa shape index (κ1) is 14.2. The summed E-state index contributed by atoms with van der Waals surface area (Å²) in [5, 5.41) is 9.61. The van der Waals surface area contributed by atoms with Gasteiger partial charge in [-0.1, -0.05) is 6.07 Å². The van der Waals surface area contributed by atoms with Crippen LogP contribution in [0.3, 0.4) is 0 Å². The summed E-state index contributed by atoms with van der Waals surface area (Å²) in [6.45, 7) is 2.07. The molecule has 0 aliphatic heterocycles. The molecule has 0 aromatic heterocycles. The number of aryl methyl sites for hydroxylation is 1. The highest BCUT2D eigenvalue weighted by Crippen LogP contribution is 2.30. The van der Waals surface area contributed by atoms with E-state index in [0.717, 1.165) is 0 Å². The molecule has 0 bridgehead atoms. The molecule has 3 nitrogen and oxygen atoms in total. The van der Waals surface area contributed by atoms with Crippen molar-refractivity contribution in [1.29, 1.82) is 0 Å². The van der Waals surface area contributed by atoms with E-state index < -0.39 is 11.9 Å². The predicted octanol–water partition coefficient (Wildman–Crippen LogP) is 1.61. The second kappa shape index (κ2) is 5.90. The summed E-state index contributed by atoms with van der Waals surface area (Å²) >= 11 is 0. The third kappa shape index (κ3) is 3.06. The van der Waals surface area contributed by atoms with Crippen LogP contribution in [-0.2, 0) is 0 Å². The molecule has 0 unspecified atom stereocenters. The van der Waals surface area contributed by atoms with E-state index in [-0.39, 0.29) is 23.7 Å². The Morgan fingerprint density at radius 1 is 1.47 bits per heavy atom. The molecular weight excluding hydrogens is 219 g/mol. The van der Waals surface area contributed by atoms with Crippen molar-refractivity contribution in [2.45, 2.75) is 19.4 Å². The molecule has 5 N–H and O–H groups in total. The third-order valence-electron chi connectivity index (χ3n) is 2.21. The molecule has 0 saturated carbocycles. The van der Waals surface area contributed by atoms with Gasteiger partial charge in [0.05, 0.1) is 0 Å². The molecule has 0 spiro atoms. The van der Waals surface area contributed by atoms with Crippen molar-refractivity contribution in [2.75, 3.05) is 6.54 Å². The standard InChI is InChI=1S/C10H15FN2O.ClH/c1-6-2-3-7(11)9(10(6)14)8(13)4-5-12;/h2-3,8,14H,4-5,12-13H2,1H3;1H/t8-;/m0./s1. The van der Waals surface area contributed by atoms with Gasteiger partial charge in [0.2, 0.25) is 0 Å². The first-order valence-corrected chi connectivity index (χ1v) is 4.51. The first-order valence-electron chi connectivity index (χ1n) is 4.51. The van der Waals surface area contributed by atoms with Crippen molar-refractivity contribution in [3.8, 4) is 5.75 Å². The van der Waals surface area contributed by atoms with Crippen molar-refractivity contribution in [3.63, 3.8) is 0 Å². The topological polar surface area (TPSA) is 72.3 Å². The van der Waals surface area contributed by atoms with Crippen molar-refractivity contribution in [3.05, 3.63) is 29.1 Å². The Bertz CT molecular complexity index is 333. The summed E-state index contributed by atoms with van der Waals surface area (Å²) in [5.74, 6) is -0.542. The fourth-order valence-corrected chi connectivity index (χ4v) is 1.37. The predicted molar refractivity (Wildman–Crippen MR) is 60.6 cm³/mol. The van der Waals surface area contributed by atoms with Crippen LogP contribution >= 0.6 is 12.4 Å². The maximum atomic E-state index is 13.3. The Morgan fingerprint density at radius 3 is 2.60 bits per heavy atom. The molecule has 1 aromatic carbocycles. The largest absolute Gasteiger partial charge is 0.507 e. The van der Waals surface area contributed by atoms with E-state index >= 15 is 0 Å². The van der Waals surface area contributed by atoms with Gasteiger partial charge in [0, 0.05) is 11.6 Å². The minimum absolute atomic E-state index is 0. The zero-order chi connectivity index (χ0) is 10.7. The quantitative estimate of drug-likeness (QED) is 0.744. The van der Waals surface area contributed by atoms with Crippen molar-refractivity contribution in [1.82, 2.24) is 0 Å². The van der Waals surface area contributed by atoms with Gasteiger partial charge in [-0.2, -0.15) is 0 Å². The summed E-state index contributed by atoms with van der Waals surface area (Å²) in [6.07, 6.45) is 0.452. The van der Waals surface area contributed by atoms with Crippen LogP contribution in [0.2, 0.25) is 0 Å². The normalized spacial score (nSPS) is 12.0. The highest BCUT2D eigenvalue weighted by atomic mass is 35.5. The van der Waals surface area contributed by atoms with E-state index in [0.29, 0.717) is 18.5 Å². The third-order valence-corrected chi connectivity index (χ3v) is 2.21. The van der Waals surface area contributed by atoms with Gasteiger partial charge in [0.25, 0.3) is 0 Å². The molecule has 5 heteroatoms. The van der Waals surface area contributed by atoms with Crippen LogP contribution in [0.5, 0.6) is 5.75 Å².